The molecular formula is C17H19BrO2. The van der Waals surface area contributed by atoms with Crippen molar-refractivity contribution in [2.24, 2.45) is 17.3 Å². The van der Waals surface area contributed by atoms with E-state index in [-0.39, 0.29) is 5.41 Å². The Morgan fingerprint density at radius 2 is 1.90 bits per heavy atom. The van der Waals surface area contributed by atoms with Crippen LogP contribution in [0.1, 0.15) is 44.1 Å². The first kappa shape index (κ1) is 12.9. The molecule has 2 atom stereocenters. The molecule has 0 aliphatic heterocycles. The minimum absolute atomic E-state index is 0.117. The van der Waals surface area contributed by atoms with Crippen molar-refractivity contribution in [3.8, 4) is 0 Å². The number of carbonyl (C=O) groups is 1. The second-order valence-corrected chi connectivity index (χ2v) is 8.25. The lowest BCUT2D eigenvalue weighted by Crippen LogP contribution is -2.56. The number of carboxylic acid groups (broad SMARTS) is 1. The van der Waals surface area contributed by atoms with Crippen molar-refractivity contribution in [2.75, 3.05) is 0 Å². The summed E-state index contributed by atoms with van der Waals surface area (Å²) < 4.78 is 1.11. The highest BCUT2D eigenvalue weighted by Gasteiger charge is 2.61. The average Bonchev–Trinajstić information content (AvgIpc) is 2.37. The van der Waals surface area contributed by atoms with Crippen molar-refractivity contribution in [1.29, 1.82) is 0 Å². The molecule has 0 saturated heterocycles. The number of hydrogen-bond acceptors (Lipinski definition) is 1. The highest BCUT2D eigenvalue weighted by atomic mass is 79.9. The van der Waals surface area contributed by atoms with Gasteiger partial charge in [0, 0.05) is 4.47 Å². The molecule has 3 heteroatoms. The van der Waals surface area contributed by atoms with Crippen LogP contribution in [0.15, 0.2) is 28.7 Å². The van der Waals surface area contributed by atoms with Gasteiger partial charge in [-0.2, -0.15) is 0 Å². The van der Waals surface area contributed by atoms with E-state index in [4.69, 9.17) is 0 Å². The van der Waals surface area contributed by atoms with E-state index in [2.05, 4.69) is 40.2 Å². The van der Waals surface area contributed by atoms with Crippen LogP contribution < -0.4 is 0 Å². The molecule has 1 aromatic rings. The van der Waals surface area contributed by atoms with Crippen molar-refractivity contribution >= 4 is 21.9 Å². The third-order valence-corrected chi connectivity index (χ3v) is 6.45. The van der Waals surface area contributed by atoms with Gasteiger partial charge in [-0.25, -0.2) is 0 Å². The summed E-state index contributed by atoms with van der Waals surface area (Å²) in [4.78, 5) is 11.9. The lowest BCUT2D eigenvalue weighted by molar-refractivity contribution is -0.167. The SMILES string of the molecule is O=C(O)C12CC3CC(C1)CC(c1cccc(Br)c1)(C3)C2. The van der Waals surface area contributed by atoms with Crippen molar-refractivity contribution in [1.82, 2.24) is 0 Å². The molecule has 4 aliphatic carbocycles. The van der Waals surface area contributed by atoms with Gasteiger partial charge in [-0.3, -0.25) is 4.79 Å². The minimum Gasteiger partial charge on any atom is -0.481 e. The molecule has 5 rings (SSSR count). The van der Waals surface area contributed by atoms with Crippen LogP contribution in [0.4, 0.5) is 0 Å². The van der Waals surface area contributed by atoms with E-state index in [1.807, 2.05) is 0 Å². The van der Waals surface area contributed by atoms with E-state index in [0.717, 1.165) is 23.7 Å². The first-order valence-electron chi connectivity index (χ1n) is 7.51. The number of halogens is 1. The fourth-order valence-electron chi connectivity index (χ4n) is 5.67. The molecule has 106 valence electrons. The van der Waals surface area contributed by atoms with Crippen molar-refractivity contribution in [3.05, 3.63) is 34.3 Å². The fraction of sp³-hybridized carbons (Fsp3) is 0.588. The summed E-state index contributed by atoms with van der Waals surface area (Å²) >= 11 is 3.57. The van der Waals surface area contributed by atoms with Crippen molar-refractivity contribution in [2.45, 2.75) is 43.9 Å². The Balaban J connectivity index is 1.81. The molecule has 0 heterocycles. The Hall–Kier alpha value is -0.830. The Bertz CT molecular complexity index is 566. The van der Waals surface area contributed by atoms with Gasteiger partial charge in [0.15, 0.2) is 0 Å². The Morgan fingerprint density at radius 1 is 1.20 bits per heavy atom. The summed E-state index contributed by atoms with van der Waals surface area (Å²) in [7, 11) is 0. The maximum atomic E-state index is 11.9. The standard InChI is InChI=1S/C17H19BrO2/c18-14-3-1-2-13(5-14)16-6-11-4-12(7-16)9-17(8-11,10-16)15(19)20/h1-3,5,11-12H,4,6-10H2,(H,19,20). The number of aliphatic carboxylic acids is 1. The maximum absolute atomic E-state index is 11.9. The zero-order chi connectivity index (χ0) is 14.0. The van der Waals surface area contributed by atoms with E-state index in [0.29, 0.717) is 11.8 Å². The number of hydrogen-bond donors (Lipinski definition) is 1. The van der Waals surface area contributed by atoms with Crippen LogP contribution in [0.5, 0.6) is 0 Å². The summed E-state index contributed by atoms with van der Waals surface area (Å²) in [5, 5.41) is 9.79. The molecule has 4 fully saturated rings. The van der Waals surface area contributed by atoms with E-state index >= 15 is 0 Å². The number of carboxylic acids is 1. The third-order valence-electron chi connectivity index (χ3n) is 5.95. The van der Waals surface area contributed by atoms with Gasteiger partial charge in [-0.1, -0.05) is 28.1 Å². The third kappa shape index (κ3) is 1.71. The van der Waals surface area contributed by atoms with Gasteiger partial charge < -0.3 is 5.11 Å². The molecule has 0 aromatic heterocycles. The Kier molecular flexibility index (Phi) is 2.64. The van der Waals surface area contributed by atoms with Crippen LogP contribution in [0.25, 0.3) is 0 Å². The van der Waals surface area contributed by atoms with Crippen LogP contribution in [0, 0.1) is 17.3 Å². The van der Waals surface area contributed by atoms with Crippen molar-refractivity contribution < 1.29 is 9.90 Å². The predicted molar refractivity (Wildman–Crippen MR) is 80.6 cm³/mol. The molecule has 0 spiro atoms. The number of benzene rings is 1. The van der Waals surface area contributed by atoms with Crippen LogP contribution in [0.2, 0.25) is 0 Å². The fourth-order valence-corrected chi connectivity index (χ4v) is 6.07. The monoisotopic (exact) mass is 334 g/mol. The molecule has 0 amide bonds. The summed E-state index contributed by atoms with van der Waals surface area (Å²) in [5.74, 6) is 0.684. The van der Waals surface area contributed by atoms with Crippen LogP contribution >= 0.6 is 15.9 Å². The van der Waals surface area contributed by atoms with E-state index < -0.39 is 11.4 Å². The molecule has 4 saturated carbocycles. The van der Waals surface area contributed by atoms with Crippen LogP contribution in [0.3, 0.4) is 0 Å². The highest BCUT2D eigenvalue weighted by molar-refractivity contribution is 9.10. The Morgan fingerprint density at radius 3 is 2.50 bits per heavy atom. The topological polar surface area (TPSA) is 37.3 Å². The summed E-state index contributed by atoms with van der Waals surface area (Å²) in [6.07, 6.45) is 6.30. The molecular weight excluding hydrogens is 316 g/mol. The molecule has 1 aromatic carbocycles. The van der Waals surface area contributed by atoms with Gasteiger partial charge in [0.1, 0.15) is 0 Å². The van der Waals surface area contributed by atoms with Gasteiger partial charge in [0.05, 0.1) is 5.41 Å². The van der Waals surface area contributed by atoms with Crippen molar-refractivity contribution in [3.63, 3.8) is 0 Å². The summed E-state index contributed by atoms with van der Waals surface area (Å²) in [6.45, 7) is 0. The molecule has 0 radical (unpaired) electrons. The zero-order valence-electron chi connectivity index (χ0n) is 11.4. The molecule has 4 aliphatic rings. The van der Waals surface area contributed by atoms with E-state index in [9.17, 15) is 9.90 Å². The molecule has 2 nitrogen and oxygen atoms in total. The van der Waals surface area contributed by atoms with Gasteiger partial charge in [-0.15, -0.1) is 0 Å². The summed E-state index contributed by atoms with van der Waals surface area (Å²) in [5.41, 5.74) is 1.03. The maximum Gasteiger partial charge on any atom is 0.309 e. The smallest absolute Gasteiger partial charge is 0.309 e. The minimum atomic E-state index is -0.550. The normalized spacial score (nSPS) is 41.9. The van der Waals surface area contributed by atoms with Crippen LogP contribution in [-0.2, 0) is 10.2 Å². The molecule has 4 bridgehead atoms. The molecule has 1 N–H and O–H groups in total. The van der Waals surface area contributed by atoms with Crippen LogP contribution in [-0.4, -0.2) is 11.1 Å². The van der Waals surface area contributed by atoms with E-state index in [1.165, 1.54) is 24.8 Å². The lowest BCUT2D eigenvalue weighted by Gasteiger charge is -2.60. The second kappa shape index (κ2) is 4.09. The second-order valence-electron chi connectivity index (χ2n) is 7.34. The first-order chi connectivity index (χ1) is 9.51. The molecule has 20 heavy (non-hydrogen) atoms. The molecule has 2 unspecified atom stereocenters. The van der Waals surface area contributed by atoms with Gasteiger partial charge in [0.25, 0.3) is 0 Å². The van der Waals surface area contributed by atoms with Gasteiger partial charge in [-0.05, 0) is 73.5 Å². The largest absolute Gasteiger partial charge is 0.481 e. The van der Waals surface area contributed by atoms with Gasteiger partial charge >= 0.3 is 5.97 Å². The average molecular weight is 335 g/mol. The predicted octanol–water partition coefficient (Wildman–Crippen LogP) is 4.37. The van der Waals surface area contributed by atoms with E-state index in [1.54, 1.807) is 0 Å². The Labute approximate surface area is 127 Å². The first-order valence-corrected chi connectivity index (χ1v) is 8.30. The summed E-state index contributed by atoms with van der Waals surface area (Å²) in [6, 6.07) is 8.55. The number of rotatable bonds is 2. The lowest BCUT2D eigenvalue weighted by atomic mass is 9.43. The zero-order valence-corrected chi connectivity index (χ0v) is 13.0. The van der Waals surface area contributed by atoms with Gasteiger partial charge in [0.2, 0.25) is 0 Å². The highest BCUT2D eigenvalue weighted by Crippen LogP contribution is 2.65. The quantitative estimate of drug-likeness (QED) is 0.871.